The molecule has 0 saturated heterocycles. The van der Waals surface area contributed by atoms with Crippen LogP contribution < -0.4 is 0 Å². The second-order valence-electron chi connectivity index (χ2n) is 4.88. The van der Waals surface area contributed by atoms with Gasteiger partial charge in [-0.3, -0.25) is 4.90 Å². The summed E-state index contributed by atoms with van der Waals surface area (Å²) in [4.78, 5) is 21.3. The Hall–Kier alpha value is -2.17. The molecule has 1 amide bonds. The molecule has 0 bridgehead atoms. The lowest BCUT2D eigenvalue weighted by Crippen LogP contribution is -2.30. The van der Waals surface area contributed by atoms with Crippen LogP contribution in [0.4, 0.5) is 4.79 Å². The van der Waals surface area contributed by atoms with Crippen LogP contribution in [0.3, 0.4) is 0 Å². The summed E-state index contributed by atoms with van der Waals surface area (Å²) in [7, 11) is 0. The molecule has 0 radical (unpaired) electrons. The van der Waals surface area contributed by atoms with Crippen LogP contribution in [-0.2, 0) is 4.74 Å². The molecule has 1 aliphatic heterocycles. The van der Waals surface area contributed by atoms with E-state index in [1.54, 1.807) is 30.7 Å². The van der Waals surface area contributed by atoms with Crippen molar-refractivity contribution in [3.63, 3.8) is 0 Å². The highest BCUT2D eigenvalue weighted by Gasteiger charge is 2.20. The summed E-state index contributed by atoms with van der Waals surface area (Å²) in [5, 5.41) is 0. The molecule has 0 N–H and O–H groups in total. The van der Waals surface area contributed by atoms with Crippen molar-refractivity contribution >= 4 is 18.2 Å². The molecule has 0 unspecified atom stereocenters. The Kier molecular flexibility index (Phi) is 3.14. The van der Waals surface area contributed by atoms with Crippen LogP contribution in [0.15, 0.2) is 24.9 Å². The van der Waals surface area contributed by atoms with Crippen LogP contribution >= 0.6 is 0 Å². The van der Waals surface area contributed by atoms with Gasteiger partial charge in [0.2, 0.25) is 0 Å². The summed E-state index contributed by atoms with van der Waals surface area (Å²) >= 11 is 0. The summed E-state index contributed by atoms with van der Waals surface area (Å²) in [5.41, 5.74) is 1.12. The number of hydrogen-bond donors (Lipinski definition) is 0. The Morgan fingerprint density at radius 2 is 2.00 bits per heavy atom. The minimum atomic E-state index is -0.516. The number of carbonyl (C=O) groups is 1. The van der Waals surface area contributed by atoms with E-state index >= 15 is 0 Å². The number of hydrogen-bond acceptors (Lipinski definition) is 4. The van der Waals surface area contributed by atoms with Crippen molar-refractivity contribution < 1.29 is 9.53 Å². The average molecular weight is 245 g/mol. The smallest absolute Gasteiger partial charge is 0.418 e. The third-order valence-corrected chi connectivity index (χ3v) is 2.18. The van der Waals surface area contributed by atoms with Crippen LogP contribution in [-0.4, -0.2) is 26.6 Å². The van der Waals surface area contributed by atoms with Gasteiger partial charge in [0, 0.05) is 24.2 Å². The molecular weight excluding hydrogens is 230 g/mol. The van der Waals surface area contributed by atoms with E-state index in [1.165, 1.54) is 11.2 Å². The molecule has 2 heterocycles. The van der Waals surface area contributed by atoms with Gasteiger partial charge in [-0.05, 0) is 32.9 Å². The third-order valence-electron chi connectivity index (χ3n) is 2.18. The summed E-state index contributed by atoms with van der Waals surface area (Å²) < 4.78 is 5.28. The molecule has 2 rings (SSSR count). The van der Waals surface area contributed by atoms with Crippen molar-refractivity contribution in [3.05, 3.63) is 36.2 Å². The normalized spacial score (nSPS) is 14.1. The minimum Gasteiger partial charge on any atom is -0.443 e. The van der Waals surface area contributed by atoms with Gasteiger partial charge in [-0.25, -0.2) is 14.8 Å². The largest absolute Gasteiger partial charge is 0.443 e. The molecule has 0 aliphatic carbocycles. The lowest BCUT2D eigenvalue weighted by atomic mass is 10.2. The van der Waals surface area contributed by atoms with Gasteiger partial charge < -0.3 is 4.74 Å². The third kappa shape index (κ3) is 2.94. The predicted molar refractivity (Wildman–Crippen MR) is 68.2 cm³/mol. The molecule has 5 nitrogen and oxygen atoms in total. The predicted octanol–water partition coefficient (Wildman–Crippen LogP) is 2.67. The minimum absolute atomic E-state index is 0.421. The maximum absolute atomic E-state index is 11.9. The number of fused-ring (bicyclic) bond motifs is 1. The second-order valence-corrected chi connectivity index (χ2v) is 4.88. The standard InChI is InChI=1S/C13H15N3O2/c1-13(2,3)18-12(17)16-6-4-10-8-14-9-15-11(10)5-7-16/h4-9H,1-3H3. The van der Waals surface area contributed by atoms with Gasteiger partial charge in [0.15, 0.2) is 0 Å². The molecule has 0 atom stereocenters. The number of amides is 1. The first kappa shape index (κ1) is 12.3. The Morgan fingerprint density at radius 3 is 2.72 bits per heavy atom. The number of nitrogens with zero attached hydrogens (tertiary/aromatic N) is 3. The lowest BCUT2D eigenvalue weighted by Gasteiger charge is -2.22. The first-order valence-electron chi connectivity index (χ1n) is 5.63. The van der Waals surface area contributed by atoms with Crippen LogP contribution in [0.2, 0.25) is 0 Å². The van der Waals surface area contributed by atoms with Gasteiger partial charge in [0.1, 0.15) is 11.9 Å². The van der Waals surface area contributed by atoms with Crippen LogP contribution in [0.5, 0.6) is 0 Å². The monoisotopic (exact) mass is 245 g/mol. The summed E-state index contributed by atoms with van der Waals surface area (Å²) in [6.45, 7) is 5.49. The van der Waals surface area contributed by atoms with Gasteiger partial charge in [0.05, 0.1) is 5.69 Å². The van der Waals surface area contributed by atoms with Crippen molar-refractivity contribution in [1.29, 1.82) is 0 Å². The van der Waals surface area contributed by atoms with E-state index in [9.17, 15) is 4.79 Å². The van der Waals surface area contributed by atoms with E-state index < -0.39 is 11.7 Å². The molecule has 0 saturated carbocycles. The SMILES string of the molecule is CC(C)(C)OC(=O)N1C=Cc2cncnc2C=C1. The Labute approximate surface area is 106 Å². The fraction of sp³-hybridized carbons (Fsp3) is 0.308. The Morgan fingerprint density at radius 1 is 1.28 bits per heavy atom. The maximum Gasteiger partial charge on any atom is 0.418 e. The number of ether oxygens (including phenoxy) is 1. The van der Waals surface area contributed by atoms with E-state index in [4.69, 9.17) is 4.74 Å². The second kappa shape index (κ2) is 4.60. The first-order valence-corrected chi connectivity index (χ1v) is 5.63. The summed E-state index contributed by atoms with van der Waals surface area (Å²) in [6.07, 6.45) is 9.54. The van der Waals surface area contributed by atoms with E-state index in [1.807, 2.05) is 20.8 Å². The van der Waals surface area contributed by atoms with Crippen molar-refractivity contribution in [2.24, 2.45) is 0 Å². The molecule has 0 spiro atoms. The van der Waals surface area contributed by atoms with Crippen molar-refractivity contribution in [1.82, 2.24) is 14.9 Å². The molecule has 18 heavy (non-hydrogen) atoms. The van der Waals surface area contributed by atoms with E-state index in [0.717, 1.165) is 11.3 Å². The molecule has 0 fully saturated rings. The van der Waals surface area contributed by atoms with Crippen LogP contribution in [0.1, 0.15) is 32.0 Å². The zero-order valence-electron chi connectivity index (χ0n) is 10.6. The fourth-order valence-corrected chi connectivity index (χ4v) is 1.42. The zero-order valence-corrected chi connectivity index (χ0v) is 10.6. The Bertz CT molecular complexity index is 482. The van der Waals surface area contributed by atoms with Gasteiger partial charge in [-0.1, -0.05) is 0 Å². The zero-order chi connectivity index (χ0) is 13.2. The number of aromatic nitrogens is 2. The topological polar surface area (TPSA) is 55.3 Å². The first-order chi connectivity index (χ1) is 8.46. The molecule has 1 aromatic rings. The highest BCUT2D eigenvalue weighted by atomic mass is 16.6. The van der Waals surface area contributed by atoms with E-state index in [0.29, 0.717) is 0 Å². The van der Waals surface area contributed by atoms with E-state index in [-0.39, 0.29) is 0 Å². The van der Waals surface area contributed by atoms with Crippen molar-refractivity contribution in [2.75, 3.05) is 0 Å². The molecule has 94 valence electrons. The molecule has 5 heteroatoms. The molecular formula is C13H15N3O2. The summed E-state index contributed by atoms with van der Waals surface area (Å²) in [6, 6.07) is 0. The van der Waals surface area contributed by atoms with Crippen LogP contribution in [0.25, 0.3) is 12.2 Å². The fourth-order valence-electron chi connectivity index (χ4n) is 1.42. The highest BCUT2D eigenvalue weighted by Crippen LogP contribution is 2.16. The molecule has 1 aromatic heterocycles. The Balaban J connectivity index is 2.18. The number of rotatable bonds is 0. The van der Waals surface area contributed by atoms with Crippen molar-refractivity contribution in [3.8, 4) is 0 Å². The van der Waals surface area contributed by atoms with Crippen LogP contribution in [0, 0.1) is 0 Å². The molecule has 0 aromatic carbocycles. The number of carbonyl (C=O) groups excluding carboxylic acids is 1. The van der Waals surface area contributed by atoms with Gasteiger partial charge in [0.25, 0.3) is 0 Å². The lowest BCUT2D eigenvalue weighted by molar-refractivity contribution is 0.0402. The average Bonchev–Trinajstić information content (AvgIpc) is 2.49. The quantitative estimate of drug-likeness (QED) is 0.705. The molecule has 1 aliphatic rings. The van der Waals surface area contributed by atoms with Gasteiger partial charge in [-0.2, -0.15) is 0 Å². The van der Waals surface area contributed by atoms with Gasteiger partial charge >= 0.3 is 6.09 Å². The van der Waals surface area contributed by atoms with Crippen molar-refractivity contribution in [2.45, 2.75) is 26.4 Å². The van der Waals surface area contributed by atoms with E-state index in [2.05, 4.69) is 9.97 Å². The maximum atomic E-state index is 11.9. The summed E-state index contributed by atoms with van der Waals surface area (Å²) in [5.74, 6) is 0. The van der Waals surface area contributed by atoms with Gasteiger partial charge in [-0.15, -0.1) is 0 Å². The highest BCUT2D eigenvalue weighted by molar-refractivity contribution is 5.75.